The Hall–Kier alpha value is -3.55. The van der Waals surface area contributed by atoms with E-state index in [9.17, 15) is 27.6 Å². The number of para-hydroxylation sites is 1. The van der Waals surface area contributed by atoms with Crippen LogP contribution < -0.4 is 11.1 Å². The minimum absolute atomic E-state index is 0.0388. The van der Waals surface area contributed by atoms with Crippen molar-refractivity contribution < 1.29 is 27.6 Å². The van der Waals surface area contributed by atoms with Gasteiger partial charge in [-0.15, -0.1) is 0 Å². The van der Waals surface area contributed by atoms with E-state index in [0.29, 0.717) is 51.6 Å². The van der Waals surface area contributed by atoms with Crippen LogP contribution in [0.3, 0.4) is 0 Å². The molecule has 278 valence electrons. The Morgan fingerprint density at radius 3 is 2.35 bits per heavy atom. The maximum Gasteiger partial charge on any atom is 0.418 e. The van der Waals surface area contributed by atoms with E-state index in [1.165, 1.54) is 6.07 Å². The number of hydrogen-bond donors (Lipinski definition) is 2. The van der Waals surface area contributed by atoms with Crippen LogP contribution in [0, 0.1) is 5.92 Å². The van der Waals surface area contributed by atoms with E-state index >= 15 is 0 Å². The van der Waals surface area contributed by atoms with Crippen LogP contribution in [0.15, 0.2) is 36.4 Å². The van der Waals surface area contributed by atoms with Crippen molar-refractivity contribution >= 4 is 40.8 Å². The molecule has 10 nitrogen and oxygen atoms in total. The minimum Gasteiger partial charge on any atom is -0.397 e. The Bertz CT molecular complexity index is 1580. The highest BCUT2D eigenvalue weighted by Crippen LogP contribution is 2.38. The molecule has 3 saturated heterocycles. The summed E-state index contributed by atoms with van der Waals surface area (Å²) in [6, 6.07) is 10.4. The van der Waals surface area contributed by atoms with Crippen molar-refractivity contribution in [2.24, 2.45) is 5.92 Å². The van der Waals surface area contributed by atoms with Gasteiger partial charge in [0.25, 0.3) is 0 Å². The zero-order chi connectivity index (χ0) is 36.3. The molecule has 4 aliphatic rings. The van der Waals surface area contributed by atoms with Crippen molar-refractivity contribution in [1.29, 1.82) is 0 Å². The summed E-state index contributed by atoms with van der Waals surface area (Å²) in [7, 11) is 2.13. The van der Waals surface area contributed by atoms with Crippen LogP contribution in [0.25, 0.3) is 0 Å². The highest BCUT2D eigenvalue weighted by Gasteiger charge is 2.37. The van der Waals surface area contributed by atoms with Gasteiger partial charge >= 0.3 is 12.2 Å². The summed E-state index contributed by atoms with van der Waals surface area (Å²) in [4.78, 5) is 51.4. The molecule has 4 heterocycles. The lowest BCUT2D eigenvalue weighted by Crippen LogP contribution is -2.50. The van der Waals surface area contributed by atoms with E-state index in [2.05, 4.69) is 22.2 Å². The molecule has 0 unspecified atom stereocenters. The van der Waals surface area contributed by atoms with Crippen LogP contribution in [-0.2, 0) is 28.6 Å². The van der Waals surface area contributed by atoms with E-state index in [1.807, 2.05) is 29.2 Å². The molecule has 6 rings (SSSR count). The fraction of sp³-hybridized carbons (Fsp3) is 0.595. The maximum atomic E-state index is 14.3. The molecule has 2 aromatic carbocycles. The lowest BCUT2D eigenvalue weighted by atomic mass is 9.92. The average Bonchev–Trinajstić information content (AvgIpc) is 3.45. The highest BCUT2D eigenvalue weighted by molar-refractivity contribution is 6.33. The minimum atomic E-state index is -4.72. The van der Waals surface area contributed by atoms with Crippen LogP contribution in [0.5, 0.6) is 0 Å². The van der Waals surface area contributed by atoms with E-state index < -0.39 is 23.3 Å². The van der Waals surface area contributed by atoms with Gasteiger partial charge in [0.05, 0.1) is 22.2 Å². The second-order valence-electron chi connectivity index (χ2n) is 14.5. The van der Waals surface area contributed by atoms with E-state index in [4.69, 9.17) is 17.3 Å². The SMILES string of the molecule is CN1CCC(N2CCCN(C(=O)[C@H](CC(=O)N3CCC(N4CCc5ccccc5NC4=O)CC3)Cc3cc(Cl)c(N)c(C(F)(F)F)c3)CC2)CC1. The third kappa shape index (κ3) is 8.92. The lowest BCUT2D eigenvalue weighted by molar-refractivity contribution is -0.142. The smallest absolute Gasteiger partial charge is 0.397 e. The highest BCUT2D eigenvalue weighted by atomic mass is 35.5. The molecule has 4 amide bonds. The van der Waals surface area contributed by atoms with Gasteiger partial charge in [-0.2, -0.15) is 13.2 Å². The van der Waals surface area contributed by atoms with Gasteiger partial charge < -0.3 is 30.7 Å². The number of carbonyl (C=O) groups is 3. The molecule has 0 saturated carbocycles. The monoisotopic (exact) mass is 731 g/mol. The standard InChI is InChI=1S/C37H49ClF3N7O3/c1-44-14-8-28(9-15-44)45-12-4-13-47(20-19-45)35(50)27(21-25-22-30(37(39,40)41)34(42)31(38)23-25)24-33(49)46-16-10-29(11-17-46)48-18-7-26-5-2-3-6-32(26)43-36(48)51/h2-3,5-6,22-23,27-29H,4,7-21,24,42H2,1H3,(H,43,51)/t27-/m0/s1. The number of benzene rings is 2. The van der Waals surface area contributed by atoms with Gasteiger partial charge in [-0.1, -0.05) is 29.8 Å². The quantitative estimate of drug-likeness (QED) is 0.380. The Balaban J connectivity index is 1.13. The molecule has 0 bridgehead atoms. The van der Waals surface area contributed by atoms with Gasteiger partial charge in [0.15, 0.2) is 0 Å². The maximum absolute atomic E-state index is 14.3. The summed E-state index contributed by atoms with van der Waals surface area (Å²) in [5.74, 6) is -1.33. The molecule has 1 atom stereocenters. The van der Waals surface area contributed by atoms with Crippen molar-refractivity contribution in [3.8, 4) is 0 Å². The van der Waals surface area contributed by atoms with Gasteiger partial charge in [0, 0.05) is 70.0 Å². The predicted octanol–water partition coefficient (Wildman–Crippen LogP) is 5.20. The molecular formula is C37H49ClF3N7O3. The number of nitrogen functional groups attached to an aromatic ring is 1. The first-order valence-electron chi connectivity index (χ1n) is 18.2. The zero-order valence-corrected chi connectivity index (χ0v) is 30.0. The molecule has 4 aliphatic heterocycles. The Morgan fingerprint density at radius 1 is 0.922 bits per heavy atom. The first-order chi connectivity index (χ1) is 24.4. The number of fused-ring (bicyclic) bond motifs is 1. The van der Waals surface area contributed by atoms with Crippen LogP contribution in [0.2, 0.25) is 5.02 Å². The molecule has 0 radical (unpaired) electrons. The molecule has 0 spiro atoms. The molecule has 0 aromatic heterocycles. The first-order valence-corrected chi connectivity index (χ1v) is 18.5. The largest absolute Gasteiger partial charge is 0.418 e. The summed E-state index contributed by atoms with van der Waals surface area (Å²) in [6.07, 6.45) is -0.0801. The molecule has 0 aliphatic carbocycles. The molecule has 2 aromatic rings. The van der Waals surface area contributed by atoms with Crippen molar-refractivity contribution in [2.45, 2.75) is 69.6 Å². The second-order valence-corrected chi connectivity index (χ2v) is 14.9. The third-order valence-electron chi connectivity index (χ3n) is 11.2. The second kappa shape index (κ2) is 16.0. The number of halogens is 4. The number of rotatable bonds is 7. The summed E-state index contributed by atoms with van der Waals surface area (Å²) in [6.45, 7) is 6.10. The summed E-state index contributed by atoms with van der Waals surface area (Å²) in [5, 5.41) is 2.78. The van der Waals surface area contributed by atoms with E-state index in [1.54, 1.807) is 9.80 Å². The summed E-state index contributed by atoms with van der Waals surface area (Å²) < 4.78 is 41.6. The van der Waals surface area contributed by atoms with Crippen molar-refractivity contribution in [3.05, 3.63) is 58.1 Å². The topological polar surface area (TPSA) is 105 Å². The summed E-state index contributed by atoms with van der Waals surface area (Å²) in [5.41, 5.74) is 6.21. The van der Waals surface area contributed by atoms with Gasteiger partial charge in [-0.3, -0.25) is 14.5 Å². The summed E-state index contributed by atoms with van der Waals surface area (Å²) >= 11 is 6.17. The van der Waals surface area contributed by atoms with Gasteiger partial charge in [-0.25, -0.2) is 4.79 Å². The number of anilines is 2. The first kappa shape index (κ1) is 37.2. The number of alkyl halides is 3. The number of nitrogens with two attached hydrogens (primary N) is 1. The molecule has 3 fully saturated rings. The van der Waals surface area contributed by atoms with E-state index in [0.717, 1.165) is 69.2 Å². The van der Waals surface area contributed by atoms with Crippen LogP contribution in [0.1, 0.15) is 55.2 Å². The predicted molar refractivity (Wildman–Crippen MR) is 191 cm³/mol. The molecule has 3 N–H and O–H groups in total. The number of nitrogens with one attached hydrogen (secondary N) is 1. The fourth-order valence-corrected chi connectivity index (χ4v) is 8.45. The van der Waals surface area contributed by atoms with Gasteiger partial charge in [0.2, 0.25) is 11.8 Å². The van der Waals surface area contributed by atoms with Crippen molar-refractivity contribution in [1.82, 2.24) is 24.5 Å². The Kier molecular flexibility index (Phi) is 11.7. The number of amides is 4. The normalized spacial score (nSPS) is 21.1. The Morgan fingerprint density at radius 2 is 1.63 bits per heavy atom. The Labute approximate surface area is 303 Å². The fourth-order valence-electron chi connectivity index (χ4n) is 8.20. The van der Waals surface area contributed by atoms with Gasteiger partial charge in [0.1, 0.15) is 0 Å². The number of carbonyl (C=O) groups excluding carboxylic acids is 3. The number of piperidine rings is 2. The van der Waals surface area contributed by atoms with Crippen molar-refractivity contribution in [2.75, 3.05) is 77.0 Å². The van der Waals surface area contributed by atoms with Crippen LogP contribution >= 0.6 is 11.6 Å². The number of urea groups is 1. The zero-order valence-electron chi connectivity index (χ0n) is 29.3. The molecule has 14 heteroatoms. The lowest BCUT2D eigenvalue weighted by Gasteiger charge is -2.38. The number of nitrogens with zero attached hydrogens (tertiary/aromatic N) is 5. The van der Waals surface area contributed by atoms with Gasteiger partial charge in [-0.05, 0) is 94.4 Å². The third-order valence-corrected chi connectivity index (χ3v) is 11.5. The number of likely N-dealkylation sites (tertiary alicyclic amines) is 2. The average molecular weight is 732 g/mol. The number of hydrogen-bond acceptors (Lipinski definition) is 6. The van der Waals surface area contributed by atoms with E-state index in [-0.39, 0.29) is 47.3 Å². The van der Waals surface area contributed by atoms with Crippen LogP contribution in [-0.4, -0.2) is 120 Å². The molecule has 51 heavy (non-hydrogen) atoms. The molecular weight excluding hydrogens is 683 g/mol. The van der Waals surface area contributed by atoms with Crippen LogP contribution in [0.4, 0.5) is 29.3 Å². The van der Waals surface area contributed by atoms with Crippen molar-refractivity contribution in [3.63, 3.8) is 0 Å².